The maximum absolute atomic E-state index is 9.54. The molecule has 0 saturated carbocycles. The summed E-state index contributed by atoms with van der Waals surface area (Å²) in [6, 6.07) is 18.3. The van der Waals surface area contributed by atoms with Gasteiger partial charge in [0.15, 0.2) is 0 Å². The molecule has 17 heavy (non-hydrogen) atoms. The lowest BCUT2D eigenvalue weighted by molar-refractivity contribution is 0.264. The summed E-state index contributed by atoms with van der Waals surface area (Å²) in [5.41, 5.74) is 2.42. The summed E-state index contributed by atoms with van der Waals surface area (Å²) in [5.74, 6) is 0.146. The molecule has 88 valence electrons. The molecule has 0 amide bonds. The molecule has 2 heteroatoms. The average Bonchev–Trinajstić information content (AvgIpc) is 2.38. The lowest BCUT2D eigenvalue weighted by atomic mass is 9.93. The molecule has 1 nitrogen and oxygen atoms in total. The number of benzene rings is 2. The Hall–Kier alpha value is -1.12. The Morgan fingerprint density at radius 1 is 0.941 bits per heavy atom. The zero-order valence-corrected chi connectivity index (χ0v) is 11.1. The van der Waals surface area contributed by atoms with E-state index in [1.54, 1.807) is 0 Å². The summed E-state index contributed by atoms with van der Waals surface area (Å²) >= 11 is 3.54. The van der Waals surface area contributed by atoms with Crippen LogP contribution in [0.25, 0.3) is 0 Å². The molecule has 1 atom stereocenters. The van der Waals surface area contributed by atoms with E-state index >= 15 is 0 Å². The molecule has 0 aliphatic carbocycles. The highest BCUT2D eigenvalue weighted by Crippen LogP contribution is 2.27. The van der Waals surface area contributed by atoms with Crippen molar-refractivity contribution in [3.8, 4) is 0 Å². The van der Waals surface area contributed by atoms with Crippen molar-refractivity contribution in [1.29, 1.82) is 0 Å². The smallest absolute Gasteiger partial charge is 0.0503 e. The highest BCUT2D eigenvalue weighted by atomic mass is 79.9. The second kappa shape index (κ2) is 5.99. The highest BCUT2D eigenvalue weighted by Gasteiger charge is 2.13. The van der Waals surface area contributed by atoms with E-state index in [9.17, 15) is 5.11 Å². The van der Waals surface area contributed by atoms with Crippen molar-refractivity contribution in [1.82, 2.24) is 0 Å². The second-order valence-electron chi connectivity index (χ2n) is 4.09. The molecule has 0 unspecified atom stereocenters. The molecule has 1 N–H and O–H groups in total. The number of halogens is 1. The van der Waals surface area contributed by atoms with E-state index in [-0.39, 0.29) is 12.5 Å². The minimum atomic E-state index is 0.146. The lowest BCUT2D eigenvalue weighted by Gasteiger charge is -2.16. The molecule has 0 fully saturated rings. The molecular weight excluding hydrogens is 276 g/mol. The van der Waals surface area contributed by atoms with Crippen LogP contribution >= 0.6 is 15.9 Å². The molecule has 0 aliphatic heterocycles. The Labute approximate surface area is 110 Å². The third kappa shape index (κ3) is 3.18. The summed E-state index contributed by atoms with van der Waals surface area (Å²) in [7, 11) is 0. The van der Waals surface area contributed by atoms with Crippen LogP contribution in [0.3, 0.4) is 0 Å². The van der Waals surface area contributed by atoms with E-state index in [2.05, 4.69) is 34.1 Å². The van der Waals surface area contributed by atoms with Crippen LogP contribution in [0.2, 0.25) is 0 Å². The van der Waals surface area contributed by atoms with E-state index < -0.39 is 0 Å². The Morgan fingerprint density at radius 2 is 1.59 bits per heavy atom. The minimum absolute atomic E-state index is 0.146. The van der Waals surface area contributed by atoms with E-state index in [4.69, 9.17) is 0 Å². The standard InChI is InChI=1S/C15H15BrO/c16-15-9-5-4-8-14(15)13(11-17)10-12-6-2-1-3-7-12/h1-9,13,17H,10-11H2/t13-/m1/s1. The van der Waals surface area contributed by atoms with Crippen LogP contribution < -0.4 is 0 Å². The molecular formula is C15H15BrO. The summed E-state index contributed by atoms with van der Waals surface area (Å²) in [6.07, 6.45) is 0.861. The molecule has 0 aromatic heterocycles. The first-order chi connectivity index (χ1) is 8.31. The van der Waals surface area contributed by atoms with Crippen LogP contribution in [0.1, 0.15) is 17.0 Å². The monoisotopic (exact) mass is 290 g/mol. The van der Waals surface area contributed by atoms with E-state index in [1.165, 1.54) is 11.1 Å². The van der Waals surface area contributed by atoms with Gasteiger partial charge < -0.3 is 5.11 Å². The maximum Gasteiger partial charge on any atom is 0.0503 e. The van der Waals surface area contributed by atoms with Crippen molar-refractivity contribution in [2.24, 2.45) is 0 Å². The van der Waals surface area contributed by atoms with Crippen molar-refractivity contribution < 1.29 is 5.11 Å². The first kappa shape index (κ1) is 12.3. The van der Waals surface area contributed by atoms with Gasteiger partial charge in [-0.2, -0.15) is 0 Å². The summed E-state index contributed by atoms with van der Waals surface area (Å²) in [5, 5.41) is 9.54. The predicted octanol–water partition coefficient (Wildman–Crippen LogP) is 3.77. The molecule has 0 aliphatic rings. The Bertz CT molecular complexity index is 467. The quantitative estimate of drug-likeness (QED) is 0.909. The second-order valence-corrected chi connectivity index (χ2v) is 4.95. The molecule has 0 radical (unpaired) electrons. The van der Waals surface area contributed by atoms with Gasteiger partial charge in [-0.05, 0) is 23.6 Å². The number of rotatable bonds is 4. The highest BCUT2D eigenvalue weighted by molar-refractivity contribution is 9.10. The number of aliphatic hydroxyl groups excluding tert-OH is 1. The van der Waals surface area contributed by atoms with Gasteiger partial charge in [-0.15, -0.1) is 0 Å². The fourth-order valence-electron chi connectivity index (χ4n) is 1.98. The van der Waals surface area contributed by atoms with Gasteiger partial charge in [-0.25, -0.2) is 0 Å². The maximum atomic E-state index is 9.54. The summed E-state index contributed by atoms with van der Waals surface area (Å²) < 4.78 is 1.06. The van der Waals surface area contributed by atoms with Gasteiger partial charge >= 0.3 is 0 Å². The van der Waals surface area contributed by atoms with Crippen molar-refractivity contribution in [2.45, 2.75) is 12.3 Å². The molecule has 0 heterocycles. The zero-order valence-electron chi connectivity index (χ0n) is 9.51. The van der Waals surface area contributed by atoms with Gasteiger partial charge in [0, 0.05) is 10.4 Å². The first-order valence-electron chi connectivity index (χ1n) is 5.70. The summed E-state index contributed by atoms with van der Waals surface area (Å²) in [4.78, 5) is 0. The van der Waals surface area contributed by atoms with Crippen LogP contribution in [-0.4, -0.2) is 11.7 Å². The molecule has 0 saturated heterocycles. The molecule has 2 rings (SSSR count). The van der Waals surface area contributed by atoms with Crippen LogP contribution in [0.15, 0.2) is 59.1 Å². The normalized spacial score (nSPS) is 12.4. The summed E-state index contributed by atoms with van der Waals surface area (Å²) in [6.45, 7) is 0.164. The van der Waals surface area contributed by atoms with Gasteiger partial charge in [0.05, 0.1) is 6.61 Å². The molecule has 2 aromatic carbocycles. The molecule has 0 bridgehead atoms. The zero-order chi connectivity index (χ0) is 12.1. The molecule has 0 spiro atoms. The Morgan fingerprint density at radius 3 is 2.24 bits per heavy atom. The SMILES string of the molecule is OC[C@@H](Cc1ccccc1)c1ccccc1Br. The van der Waals surface area contributed by atoms with E-state index in [1.807, 2.05) is 36.4 Å². The van der Waals surface area contributed by atoms with Crippen LogP contribution in [-0.2, 0) is 6.42 Å². The number of hydrogen-bond donors (Lipinski definition) is 1. The topological polar surface area (TPSA) is 20.2 Å². The van der Waals surface area contributed by atoms with Crippen LogP contribution in [0.5, 0.6) is 0 Å². The fourth-order valence-corrected chi connectivity index (χ4v) is 2.59. The minimum Gasteiger partial charge on any atom is -0.396 e. The van der Waals surface area contributed by atoms with Crippen LogP contribution in [0, 0.1) is 0 Å². The van der Waals surface area contributed by atoms with E-state index in [0.29, 0.717) is 0 Å². The van der Waals surface area contributed by atoms with Gasteiger partial charge in [0.2, 0.25) is 0 Å². The van der Waals surface area contributed by atoms with Gasteiger partial charge in [-0.1, -0.05) is 64.5 Å². The number of hydrogen-bond acceptors (Lipinski definition) is 1. The number of aliphatic hydroxyl groups is 1. The largest absolute Gasteiger partial charge is 0.396 e. The lowest BCUT2D eigenvalue weighted by Crippen LogP contribution is -2.08. The fraction of sp³-hybridized carbons (Fsp3) is 0.200. The van der Waals surface area contributed by atoms with Gasteiger partial charge in [0.25, 0.3) is 0 Å². The Balaban J connectivity index is 2.21. The van der Waals surface area contributed by atoms with Gasteiger partial charge in [0.1, 0.15) is 0 Å². The average molecular weight is 291 g/mol. The van der Waals surface area contributed by atoms with Crippen molar-refractivity contribution >= 4 is 15.9 Å². The van der Waals surface area contributed by atoms with Crippen molar-refractivity contribution in [3.63, 3.8) is 0 Å². The van der Waals surface area contributed by atoms with E-state index in [0.717, 1.165) is 10.9 Å². The molecule has 2 aromatic rings. The van der Waals surface area contributed by atoms with Crippen LogP contribution in [0.4, 0.5) is 0 Å². The first-order valence-corrected chi connectivity index (χ1v) is 6.49. The predicted molar refractivity (Wildman–Crippen MR) is 74.1 cm³/mol. The third-order valence-corrected chi connectivity index (χ3v) is 3.61. The Kier molecular flexibility index (Phi) is 4.35. The van der Waals surface area contributed by atoms with Crippen molar-refractivity contribution in [3.05, 3.63) is 70.2 Å². The third-order valence-electron chi connectivity index (χ3n) is 2.89. The van der Waals surface area contributed by atoms with Crippen molar-refractivity contribution in [2.75, 3.05) is 6.61 Å². The van der Waals surface area contributed by atoms with Gasteiger partial charge in [-0.3, -0.25) is 0 Å².